The topological polar surface area (TPSA) is 71.2 Å². The van der Waals surface area contributed by atoms with Gasteiger partial charge in [0.25, 0.3) is 0 Å². The van der Waals surface area contributed by atoms with Crippen LogP contribution in [0.1, 0.15) is 49.5 Å². The Hall–Kier alpha value is -2.02. The van der Waals surface area contributed by atoms with Crippen LogP contribution < -0.4 is 4.90 Å². The summed E-state index contributed by atoms with van der Waals surface area (Å²) >= 11 is 0. The van der Waals surface area contributed by atoms with Gasteiger partial charge in [-0.25, -0.2) is 9.97 Å². The molecule has 3 rings (SSSR count). The fourth-order valence-electron chi connectivity index (χ4n) is 3.44. The van der Waals surface area contributed by atoms with Crippen molar-refractivity contribution in [3.63, 3.8) is 0 Å². The number of hydrogen-bond acceptors (Lipinski definition) is 7. The summed E-state index contributed by atoms with van der Waals surface area (Å²) < 4.78 is 5.49. The van der Waals surface area contributed by atoms with Crippen LogP contribution in [0.25, 0.3) is 0 Å². The number of piperidine rings is 1. The fourth-order valence-corrected chi connectivity index (χ4v) is 3.44. The van der Waals surface area contributed by atoms with Crippen LogP contribution in [-0.4, -0.2) is 51.2 Å². The molecule has 0 amide bonds. The zero-order chi connectivity index (χ0) is 17.8. The van der Waals surface area contributed by atoms with Gasteiger partial charge in [-0.15, -0.1) is 10.2 Å². The number of nitrogens with zero attached hydrogens (tertiary/aromatic N) is 6. The van der Waals surface area contributed by atoms with Crippen LogP contribution in [0.3, 0.4) is 0 Å². The third-order valence-corrected chi connectivity index (χ3v) is 4.75. The quantitative estimate of drug-likeness (QED) is 0.797. The summed E-state index contributed by atoms with van der Waals surface area (Å²) in [7, 11) is 2.13. The Kier molecular flexibility index (Phi) is 5.63. The van der Waals surface area contributed by atoms with Crippen LogP contribution in [0.5, 0.6) is 0 Å². The zero-order valence-electron chi connectivity index (χ0n) is 15.7. The fraction of sp³-hybridized carbons (Fsp3) is 0.667. The minimum absolute atomic E-state index is 0.529. The Bertz CT molecular complexity index is 693. The van der Waals surface area contributed by atoms with E-state index in [1.807, 2.05) is 13.8 Å². The van der Waals surface area contributed by atoms with Gasteiger partial charge < -0.3 is 9.32 Å². The molecule has 0 aliphatic carbocycles. The highest BCUT2D eigenvalue weighted by Crippen LogP contribution is 2.22. The van der Waals surface area contributed by atoms with E-state index in [0.29, 0.717) is 24.4 Å². The molecule has 0 unspecified atom stereocenters. The van der Waals surface area contributed by atoms with Crippen LogP contribution in [0.2, 0.25) is 0 Å². The average Bonchev–Trinajstić information content (AvgIpc) is 2.99. The van der Waals surface area contributed by atoms with Crippen molar-refractivity contribution in [3.05, 3.63) is 29.4 Å². The Morgan fingerprint density at radius 1 is 1.20 bits per heavy atom. The monoisotopic (exact) mass is 344 g/mol. The number of aromatic nitrogens is 4. The Morgan fingerprint density at radius 2 is 1.96 bits per heavy atom. The lowest BCUT2D eigenvalue weighted by atomic mass is 10.0. The van der Waals surface area contributed by atoms with Crippen LogP contribution >= 0.6 is 0 Å². The Morgan fingerprint density at radius 3 is 2.60 bits per heavy atom. The second-order valence-electron chi connectivity index (χ2n) is 6.86. The molecule has 1 aliphatic rings. The van der Waals surface area contributed by atoms with Crippen LogP contribution in [0.4, 0.5) is 5.82 Å². The highest BCUT2D eigenvalue weighted by molar-refractivity contribution is 5.40. The van der Waals surface area contributed by atoms with Gasteiger partial charge in [0.1, 0.15) is 11.6 Å². The van der Waals surface area contributed by atoms with E-state index in [2.05, 4.69) is 50.0 Å². The van der Waals surface area contributed by atoms with Crippen molar-refractivity contribution in [2.24, 2.45) is 0 Å². The van der Waals surface area contributed by atoms with Crippen molar-refractivity contribution in [1.82, 2.24) is 25.1 Å². The van der Waals surface area contributed by atoms with E-state index in [4.69, 9.17) is 4.42 Å². The van der Waals surface area contributed by atoms with Gasteiger partial charge in [-0.1, -0.05) is 13.3 Å². The first-order chi connectivity index (χ1) is 12.0. The summed E-state index contributed by atoms with van der Waals surface area (Å²) in [5, 5.41) is 8.00. The molecule has 3 heterocycles. The lowest BCUT2D eigenvalue weighted by molar-refractivity contribution is 0.183. The predicted molar refractivity (Wildman–Crippen MR) is 96.5 cm³/mol. The molecule has 0 spiro atoms. The third kappa shape index (κ3) is 4.54. The van der Waals surface area contributed by atoms with E-state index >= 15 is 0 Å². The number of hydrogen-bond donors (Lipinski definition) is 0. The molecule has 2 aromatic rings. The molecule has 1 aliphatic heterocycles. The molecule has 1 saturated heterocycles. The van der Waals surface area contributed by atoms with Crippen molar-refractivity contribution in [2.45, 2.75) is 59.0 Å². The minimum atomic E-state index is 0.529. The molecule has 2 aromatic heterocycles. The second kappa shape index (κ2) is 7.91. The smallest absolute Gasteiger partial charge is 0.230 e. The van der Waals surface area contributed by atoms with Crippen LogP contribution in [-0.2, 0) is 13.0 Å². The molecule has 0 atom stereocenters. The van der Waals surface area contributed by atoms with Crippen LogP contribution in [0.15, 0.2) is 10.5 Å². The minimum Gasteiger partial charge on any atom is -0.424 e. The first-order valence-corrected chi connectivity index (χ1v) is 9.14. The van der Waals surface area contributed by atoms with E-state index in [9.17, 15) is 0 Å². The summed E-state index contributed by atoms with van der Waals surface area (Å²) in [5.74, 6) is 3.26. The largest absolute Gasteiger partial charge is 0.424 e. The molecule has 7 heteroatoms. The van der Waals surface area contributed by atoms with Gasteiger partial charge >= 0.3 is 0 Å². The van der Waals surface area contributed by atoms with Crippen molar-refractivity contribution < 1.29 is 4.42 Å². The van der Waals surface area contributed by atoms with E-state index < -0.39 is 0 Å². The van der Waals surface area contributed by atoms with Gasteiger partial charge in [-0.05, 0) is 33.2 Å². The normalized spacial score (nSPS) is 16.0. The Labute approximate surface area is 149 Å². The maximum atomic E-state index is 5.49. The SMILES string of the molecule is CCCc1cc(N2CCC(N(C)Cc3nnc(C)o3)CC2)nc(C)n1. The maximum absolute atomic E-state index is 5.49. The summed E-state index contributed by atoms with van der Waals surface area (Å²) in [4.78, 5) is 13.9. The molecule has 0 N–H and O–H groups in total. The van der Waals surface area contributed by atoms with E-state index in [-0.39, 0.29) is 0 Å². The molecule has 0 radical (unpaired) electrons. The number of rotatable bonds is 6. The maximum Gasteiger partial charge on any atom is 0.230 e. The van der Waals surface area contributed by atoms with Crippen molar-refractivity contribution >= 4 is 5.82 Å². The molecular weight excluding hydrogens is 316 g/mol. The van der Waals surface area contributed by atoms with Gasteiger partial charge in [-0.3, -0.25) is 4.90 Å². The summed E-state index contributed by atoms with van der Waals surface area (Å²) in [6.07, 6.45) is 4.34. The number of anilines is 1. The second-order valence-corrected chi connectivity index (χ2v) is 6.86. The average molecular weight is 344 g/mol. The molecular formula is C18H28N6O. The van der Waals surface area contributed by atoms with Gasteiger partial charge in [-0.2, -0.15) is 0 Å². The van der Waals surface area contributed by atoms with Gasteiger partial charge in [0.05, 0.1) is 6.54 Å². The third-order valence-electron chi connectivity index (χ3n) is 4.75. The molecule has 25 heavy (non-hydrogen) atoms. The van der Waals surface area contributed by atoms with Gasteiger partial charge in [0, 0.05) is 37.8 Å². The van der Waals surface area contributed by atoms with Gasteiger partial charge in [0.15, 0.2) is 0 Å². The van der Waals surface area contributed by atoms with E-state index in [1.54, 1.807) is 0 Å². The van der Waals surface area contributed by atoms with E-state index in [0.717, 1.165) is 56.1 Å². The summed E-state index contributed by atoms with van der Waals surface area (Å²) in [5.41, 5.74) is 1.15. The van der Waals surface area contributed by atoms with Crippen molar-refractivity contribution in [1.29, 1.82) is 0 Å². The number of aryl methyl sites for hydroxylation is 3. The summed E-state index contributed by atoms with van der Waals surface area (Å²) in [6, 6.07) is 2.68. The highest BCUT2D eigenvalue weighted by atomic mass is 16.4. The van der Waals surface area contributed by atoms with Crippen molar-refractivity contribution in [2.75, 3.05) is 25.0 Å². The van der Waals surface area contributed by atoms with Gasteiger partial charge in [0.2, 0.25) is 11.8 Å². The first-order valence-electron chi connectivity index (χ1n) is 9.14. The molecule has 0 bridgehead atoms. The Balaban J connectivity index is 1.58. The van der Waals surface area contributed by atoms with Crippen molar-refractivity contribution in [3.8, 4) is 0 Å². The lowest BCUT2D eigenvalue weighted by Gasteiger charge is -2.37. The molecule has 136 valence electrons. The molecule has 7 nitrogen and oxygen atoms in total. The standard InChI is InChI=1S/C18H28N6O/c1-5-6-15-11-17(20-13(2)19-15)24-9-7-16(8-10-24)23(4)12-18-22-21-14(3)25-18/h11,16H,5-10,12H2,1-4H3. The highest BCUT2D eigenvalue weighted by Gasteiger charge is 2.24. The predicted octanol–water partition coefficient (Wildman–Crippen LogP) is 2.53. The molecule has 0 aromatic carbocycles. The van der Waals surface area contributed by atoms with Crippen LogP contribution in [0, 0.1) is 13.8 Å². The molecule has 0 saturated carbocycles. The lowest BCUT2D eigenvalue weighted by Crippen LogP contribution is -2.43. The zero-order valence-corrected chi connectivity index (χ0v) is 15.7. The molecule has 1 fully saturated rings. The summed E-state index contributed by atoms with van der Waals surface area (Å²) in [6.45, 7) is 8.73. The van der Waals surface area contributed by atoms with E-state index in [1.165, 1.54) is 0 Å². The first kappa shape index (κ1) is 17.8.